The van der Waals surface area contributed by atoms with Gasteiger partial charge in [-0.05, 0) is 55.5 Å². The number of nitrogens with zero attached hydrogens (tertiary/aromatic N) is 5. The lowest BCUT2D eigenvalue weighted by Crippen LogP contribution is -2.27. The van der Waals surface area contributed by atoms with Crippen molar-refractivity contribution in [1.82, 2.24) is 19.3 Å². The molecule has 4 aromatic rings. The number of para-hydroxylation sites is 1. The van der Waals surface area contributed by atoms with E-state index in [1.807, 2.05) is 18.5 Å². The first-order valence-corrected chi connectivity index (χ1v) is 13.1. The molecule has 2 aliphatic rings. The molecular weight excluding hydrogens is 506 g/mol. The molecule has 0 saturated carbocycles. The molecule has 1 amide bonds. The summed E-state index contributed by atoms with van der Waals surface area (Å²) in [4.78, 5) is 32.8. The second kappa shape index (κ2) is 10.2. The molecule has 11 heteroatoms. The fraction of sp³-hybridized carbons (Fsp3) is 0.357. The molecule has 0 aliphatic carbocycles. The van der Waals surface area contributed by atoms with E-state index < -0.39 is 28.8 Å². The smallest absolute Gasteiger partial charge is 0.276 e. The third kappa shape index (κ3) is 4.67. The average molecular weight is 535 g/mol. The van der Waals surface area contributed by atoms with Gasteiger partial charge in [-0.1, -0.05) is 13.0 Å². The van der Waals surface area contributed by atoms with Gasteiger partial charge in [-0.3, -0.25) is 9.59 Å². The predicted molar refractivity (Wildman–Crippen MR) is 143 cm³/mol. The maximum Gasteiger partial charge on any atom is 0.276 e. The first-order valence-electron chi connectivity index (χ1n) is 13.1. The number of ether oxygens (including phenoxy) is 1. The Bertz CT molecular complexity index is 1590. The second-order valence-corrected chi connectivity index (χ2v) is 10.2. The predicted octanol–water partition coefficient (Wildman–Crippen LogP) is 4.31. The molecule has 4 heterocycles. The van der Waals surface area contributed by atoms with Gasteiger partial charge in [0.25, 0.3) is 11.5 Å². The van der Waals surface area contributed by atoms with Crippen LogP contribution < -0.4 is 15.8 Å². The first-order chi connectivity index (χ1) is 18.9. The van der Waals surface area contributed by atoms with Crippen molar-refractivity contribution in [1.29, 1.82) is 0 Å². The fourth-order valence-corrected chi connectivity index (χ4v) is 5.47. The van der Waals surface area contributed by atoms with E-state index in [-0.39, 0.29) is 5.69 Å². The van der Waals surface area contributed by atoms with E-state index in [1.54, 1.807) is 0 Å². The van der Waals surface area contributed by atoms with Crippen LogP contribution in [0.5, 0.6) is 0 Å². The number of hydrogen-bond donors (Lipinski definition) is 1. The number of carbonyl (C=O) groups is 1. The summed E-state index contributed by atoms with van der Waals surface area (Å²) in [5.74, 6) is -2.05. The van der Waals surface area contributed by atoms with E-state index in [2.05, 4.69) is 26.8 Å². The molecule has 0 bridgehead atoms. The van der Waals surface area contributed by atoms with E-state index in [1.165, 1.54) is 12.1 Å². The summed E-state index contributed by atoms with van der Waals surface area (Å²) in [7, 11) is 0. The van der Waals surface area contributed by atoms with Gasteiger partial charge in [0.15, 0.2) is 11.6 Å². The van der Waals surface area contributed by atoms with Gasteiger partial charge in [0.05, 0.1) is 23.2 Å². The molecular formula is C28H28F2N6O3. The monoisotopic (exact) mass is 534 g/mol. The standard InChI is InChI=1S/C28H28F2N6O3/c1-17-9-12-34(15-17)27-21(5-7-23-25(27)31-16-35(23)18-10-13-39-14-11-18)32-28(38)22-6-8-24(37)36(33-22)26-19(29)3-2-4-20(26)30/h2-8,16-18H,9-15H2,1H3,(H,32,38)/t17-/m0/s1. The van der Waals surface area contributed by atoms with Crippen LogP contribution in [0.1, 0.15) is 42.7 Å². The summed E-state index contributed by atoms with van der Waals surface area (Å²) in [6, 6.07) is 9.63. The third-order valence-electron chi connectivity index (χ3n) is 7.47. The van der Waals surface area contributed by atoms with Crippen LogP contribution in [0, 0.1) is 17.6 Å². The number of halogens is 2. The largest absolute Gasteiger partial charge is 0.381 e. The van der Waals surface area contributed by atoms with E-state index in [4.69, 9.17) is 9.72 Å². The summed E-state index contributed by atoms with van der Waals surface area (Å²) in [6.07, 6.45) is 4.69. The summed E-state index contributed by atoms with van der Waals surface area (Å²) in [5, 5.41) is 6.91. The Morgan fingerprint density at radius 3 is 2.51 bits per heavy atom. The van der Waals surface area contributed by atoms with Gasteiger partial charge in [-0.2, -0.15) is 9.78 Å². The number of imidazole rings is 1. The van der Waals surface area contributed by atoms with Gasteiger partial charge in [0, 0.05) is 38.4 Å². The molecule has 2 aliphatic heterocycles. The second-order valence-electron chi connectivity index (χ2n) is 10.2. The number of aromatic nitrogens is 4. The van der Waals surface area contributed by atoms with Crippen molar-refractivity contribution in [3.63, 3.8) is 0 Å². The van der Waals surface area contributed by atoms with Crippen molar-refractivity contribution < 1.29 is 18.3 Å². The zero-order chi connectivity index (χ0) is 27.1. The van der Waals surface area contributed by atoms with Crippen LogP contribution in [0.25, 0.3) is 16.7 Å². The average Bonchev–Trinajstić information content (AvgIpc) is 3.56. The van der Waals surface area contributed by atoms with Crippen LogP contribution in [-0.2, 0) is 4.74 Å². The zero-order valence-electron chi connectivity index (χ0n) is 21.4. The molecule has 2 fully saturated rings. The highest BCUT2D eigenvalue weighted by Gasteiger charge is 2.27. The minimum Gasteiger partial charge on any atom is -0.381 e. The van der Waals surface area contributed by atoms with Gasteiger partial charge in [-0.15, -0.1) is 0 Å². The molecule has 6 rings (SSSR count). The number of hydrogen-bond acceptors (Lipinski definition) is 6. The summed E-state index contributed by atoms with van der Waals surface area (Å²) < 4.78 is 37.0. The van der Waals surface area contributed by atoms with Gasteiger partial charge < -0.3 is 19.5 Å². The maximum atomic E-state index is 14.4. The Labute approximate surface area is 223 Å². The minimum atomic E-state index is -0.960. The molecule has 0 spiro atoms. The van der Waals surface area contributed by atoms with Crippen LogP contribution in [0.4, 0.5) is 20.2 Å². The van der Waals surface area contributed by atoms with Crippen molar-refractivity contribution in [3.8, 4) is 5.69 Å². The van der Waals surface area contributed by atoms with Crippen LogP contribution in [0.2, 0.25) is 0 Å². The third-order valence-corrected chi connectivity index (χ3v) is 7.47. The summed E-state index contributed by atoms with van der Waals surface area (Å²) in [6.45, 7) is 5.25. The number of nitrogens with one attached hydrogen (secondary N) is 1. The Morgan fingerprint density at radius 2 is 1.79 bits per heavy atom. The SMILES string of the molecule is C[C@H]1CCN(c2c(NC(=O)c3ccc(=O)n(-c4c(F)cccc4F)n3)ccc3c2ncn3C2CCOCC2)C1. The molecule has 1 N–H and O–H groups in total. The number of rotatable bonds is 5. The van der Waals surface area contributed by atoms with Crippen molar-refractivity contribution in [3.05, 3.63) is 76.5 Å². The van der Waals surface area contributed by atoms with Crippen LogP contribution in [-0.4, -0.2) is 51.5 Å². The summed E-state index contributed by atoms with van der Waals surface area (Å²) in [5.41, 5.74) is 1.59. The topological polar surface area (TPSA) is 94.3 Å². The molecule has 39 heavy (non-hydrogen) atoms. The molecule has 202 valence electrons. The highest BCUT2D eigenvalue weighted by molar-refractivity contribution is 6.08. The molecule has 2 aromatic heterocycles. The quantitative estimate of drug-likeness (QED) is 0.410. The lowest BCUT2D eigenvalue weighted by Gasteiger charge is -2.25. The number of amides is 1. The Kier molecular flexibility index (Phi) is 6.59. The Morgan fingerprint density at radius 1 is 1.03 bits per heavy atom. The molecule has 0 radical (unpaired) electrons. The molecule has 2 aromatic carbocycles. The number of benzene rings is 2. The number of anilines is 2. The maximum absolute atomic E-state index is 14.4. The molecule has 1 atom stereocenters. The van der Waals surface area contributed by atoms with E-state index in [9.17, 15) is 18.4 Å². The number of fused-ring (bicyclic) bond motifs is 1. The summed E-state index contributed by atoms with van der Waals surface area (Å²) >= 11 is 0. The van der Waals surface area contributed by atoms with Crippen molar-refractivity contribution >= 4 is 28.3 Å². The molecule has 2 saturated heterocycles. The van der Waals surface area contributed by atoms with Crippen LogP contribution >= 0.6 is 0 Å². The highest BCUT2D eigenvalue weighted by Crippen LogP contribution is 2.38. The van der Waals surface area contributed by atoms with Crippen molar-refractivity contribution in [2.75, 3.05) is 36.5 Å². The van der Waals surface area contributed by atoms with E-state index in [0.29, 0.717) is 35.5 Å². The normalized spacial score (nSPS) is 18.1. The highest BCUT2D eigenvalue weighted by atomic mass is 19.1. The van der Waals surface area contributed by atoms with E-state index >= 15 is 0 Å². The lowest BCUT2D eigenvalue weighted by molar-refractivity contribution is 0.0706. The number of carbonyl (C=O) groups excluding carboxylic acids is 1. The van der Waals surface area contributed by atoms with Gasteiger partial charge >= 0.3 is 0 Å². The minimum absolute atomic E-state index is 0.161. The fourth-order valence-electron chi connectivity index (χ4n) is 5.47. The van der Waals surface area contributed by atoms with Gasteiger partial charge in [-0.25, -0.2) is 13.8 Å². The zero-order valence-corrected chi connectivity index (χ0v) is 21.4. The molecule has 9 nitrogen and oxygen atoms in total. The van der Waals surface area contributed by atoms with Crippen LogP contribution in [0.3, 0.4) is 0 Å². The Balaban J connectivity index is 1.38. The van der Waals surface area contributed by atoms with Crippen LogP contribution in [0.15, 0.2) is 53.6 Å². The van der Waals surface area contributed by atoms with E-state index in [0.717, 1.165) is 67.3 Å². The van der Waals surface area contributed by atoms with Gasteiger partial charge in [0.2, 0.25) is 0 Å². The van der Waals surface area contributed by atoms with Crippen molar-refractivity contribution in [2.24, 2.45) is 5.92 Å². The van der Waals surface area contributed by atoms with Crippen molar-refractivity contribution in [2.45, 2.75) is 32.2 Å². The first kappa shape index (κ1) is 25.2. The Hall–Kier alpha value is -4.12. The molecule has 0 unspecified atom stereocenters. The lowest BCUT2D eigenvalue weighted by atomic mass is 10.1. The van der Waals surface area contributed by atoms with Gasteiger partial charge in [0.1, 0.15) is 16.9 Å².